The number of rotatable bonds is 8. The number of amides is 1. The van der Waals surface area contributed by atoms with Crippen molar-refractivity contribution in [1.29, 1.82) is 0 Å². The van der Waals surface area contributed by atoms with Gasteiger partial charge < -0.3 is 9.47 Å². The van der Waals surface area contributed by atoms with Gasteiger partial charge in [-0.15, -0.1) is 6.58 Å². The minimum Gasteiger partial charge on any atom is -0.345 e. The predicted octanol–water partition coefficient (Wildman–Crippen LogP) is 5.07. The third-order valence-electron chi connectivity index (χ3n) is 4.59. The summed E-state index contributed by atoms with van der Waals surface area (Å²) in [5.74, 6) is -0.0212. The Morgan fingerprint density at radius 3 is 2.64 bits per heavy atom. The van der Waals surface area contributed by atoms with E-state index >= 15 is 0 Å². The van der Waals surface area contributed by atoms with Crippen LogP contribution in [0.15, 0.2) is 91.7 Å². The highest BCUT2D eigenvalue weighted by atomic mass is 16.2. The first-order valence-corrected chi connectivity index (χ1v) is 9.48. The van der Waals surface area contributed by atoms with Crippen LogP contribution in [0, 0.1) is 6.92 Å². The first kappa shape index (κ1) is 19.4. The van der Waals surface area contributed by atoms with Crippen molar-refractivity contribution >= 4 is 12.0 Å². The minimum atomic E-state index is -0.0212. The Morgan fingerprint density at radius 1 is 1.07 bits per heavy atom. The summed E-state index contributed by atoms with van der Waals surface area (Å²) in [6.07, 6.45) is 7.31. The maximum Gasteiger partial charge on any atom is 0.247 e. The molecule has 3 nitrogen and oxygen atoms in total. The van der Waals surface area contributed by atoms with Crippen molar-refractivity contribution in [1.82, 2.24) is 9.47 Å². The number of hydrogen-bond donors (Lipinski definition) is 0. The Bertz CT molecular complexity index is 953. The highest BCUT2D eigenvalue weighted by Gasteiger charge is 2.12. The van der Waals surface area contributed by atoms with E-state index in [0.29, 0.717) is 13.1 Å². The molecule has 1 aromatic heterocycles. The number of carbonyl (C=O) groups is 1. The highest BCUT2D eigenvalue weighted by Crippen LogP contribution is 2.13. The zero-order chi connectivity index (χ0) is 19.8. The molecule has 0 N–H and O–H groups in total. The molecule has 0 radical (unpaired) electrons. The Morgan fingerprint density at radius 2 is 1.89 bits per heavy atom. The Balaban J connectivity index is 1.72. The number of hydrogen-bond acceptors (Lipinski definition) is 1. The van der Waals surface area contributed by atoms with E-state index in [0.717, 1.165) is 17.8 Å². The van der Waals surface area contributed by atoms with Gasteiger partial charge in [-0.1, -0.05) is 66.2 Å². The lowest BCUT2D eigenvalue weighted by Gasteiger charge is -2.21. The van der Waals surface area contributed by atoms with Crippen molar-refractivity contribution in [3.63, 3.8) is 0 Å². The number of carbonyl (C=O) groups excluding carboxylic acids is 1. The van der Waals surface area contributed by atoms with E-state index in [1.165, 1.54) is 11.1 Å². The summed E-state index contributed by atoms with van der Waals surface area (Å²) in [5, 5.41) is 0. The van der Waals surface area contributed by atoms with Crippen LogP contribution in [0.1, 0.15) is 22.4 Å². The van der Waals surface area contributed by atoms with Crippen LogP contribution in [0.5, 0.6) is 0 Å². The van der Waals surface area contributed by atoms with Gasteiger partial charge in [0.1, 0.15) is 0 Å². The van der Waals surface area contributed by atoms with E-state index in [4.69, 9.17) is 0 Å². The summed E-state index contributed by atoms with van der Waals surface area (Å²) in [6.45, 7) is 7.75. The maximum atomic E-state index is 12.7. The SMILES string of the molecule is C=CCN(Cc1cccn1Cc1cccc(C)c1)C(=O)/C=C/c1ccccc1. The average Bonchev–Trinajstić information content (AvgIpc) is 3.13. The Kier molecular flexibility index (Phi) is 6.64. The van der Waals surface area contributed by atoms with Gasteiger partial charge in [0.25, 0.3) is 0 Å². The van der Waals surface area contributed by atoms with Crippen LogP contribution in [-0.2, 0) is 17.9 Å². The molecule has 3 rings (SSSR count). The molecule has 2 aromatic carbocycles. The van der Waals surface area contributed by atoms with Gasteiger partial charge >= 0.3 is 0 Å². The summed E-state index contributed by atoms with van der Waals surface area (Å²) < 4.78 is 2.19. The van der Waals surface area contributed by atoms with Gasteiger partial charge in [-0.2, -0.15) is 0 Å². The van der Waals surface area contributed by atoms with Gasteiger partial charge in [0.15, 0.2) is 0 Å². The van der Waals surface area contributed by atoms with E-state index < -0.39 is 0 Å². The molecule has 142 valence electrons. The molecule has 3 aromatic rings. The molecule has 0 spiro atoms. The number of nitrogens with zero attached hydrogens (tertiary/aromatic N) is 2. The highest BCUT2D eigenvalue weighted by molar-refractivity contribution is 5.91. The number of aromatic nitrogens is 1. The van der Waals surface area contributed by atoms with Crippen LogP contribution < -0.4 is 0 Å². The van der Waals surface area contributed by atoms with Gasteiger partial charge in [-0.25, -0.2) is 0 Å². The molecule has 0 saturated carbocycles. The van der Waals surface area contributed by atoms with Gasteiger partial charge in [0, 0.05) is 31.1 Å². The molecule has 0 aliphatic heterocycles. The lowest BCUT2D eigenvalue weighted by Crippen LogP contribution is -2.30. The van der Waals surface area contributed by atoms with E-state index in [1.54, 1.807) is 17.1 Å². The van der Waals surface area contributed by atoms with E-state index in [1.807, 2.05) is 42.5 Å². The van der Waals surface area contributed by atoms with Crippen LogP contribution in [0.4, 0.5) is 0 Å². The average molecular weight is 370 g/mol. The molecular formula is C25H26N2O. The van der Waals surface area contributed by atoms with Gasteiger partial charge in [-0.05, 0) is 36.3 Å². The largest absolute Gasteiger partial charge is 0.345 e. The molecular weight excluding hydrogens is 344 g/mol. The topological polar surface area (TPSA) is 25.2 Å². The first-order valence-electron chi connectivity index (χ1n) is 9.48. The Labute approximate surface area is 167 Å². The van der Waals surface area contributed by atoms with Crippen LogP contribution in [0.25, 0.3) is 6.08 Å². The molecule has 1 heterocycles. The zero-order valence-electron chi connectivity index (χ0n) is 16.3. The van der Waals surface area contributed by atoms with Gasteiger partial charge in [-0.3, -0.25) is 4.79 Å². The molecule has 0 unspecified atom stereocenters. The number of benzene rings is 2. The fraction of sp³-hybridized carbons (Fsp3) is 0.160. The number of aryl methyl sites for hydroxylation is 1. The van der Waals surface area contributed by atoms with Crippen LogP contribution in [-0.4, -0.2) is 21.9 Å². The third-order valence-corrected chi connectivity index (χ3v) is 4.59. The molecule has 3 heteroatoms. The lowest BCUT2D eigenvalue weighted by molar-refractivity contribution is -0.126. The second-order valence-electron chi connectivity index (χ2n) is 6.87. The van der Waals surface area contributed by atoms with Crippen molar-refractivity contribution in [2.45, 2.75) is 20.0 Å². The minimum absolute atomic E-state index is 0.0212. The summed E-state index contributed by atoms with van der Waals surface area (Å²) in [4.78, 5) is 14.5. The maximum absolute atomic E-state index is 12.7. The summed E-state index contributed by atoms with van der Waals surface area (Å²) in [7, 11) is 0. The molecule has 1 amide bonds. The summed E-state index contributed by atoms with van der Waals surface area (Å²) in [5.41, 5.74) is 4.62. The van der Waals surface area contributed by atoms with E-state index in [2.05, 4.69) is 54.6 Å². The van der Waals surface area contributed by atoms with E-state index in [-0.39, 0.29) is 5.91 Å². The standard InChI is InChI=1S/C25H26N2O/c1-3-16-27(25(28)15-14-22-10-5-4-6-11-22)20-24-13-8-17-26(24)19-23-12-7-9-21(2)18-23/h3-15,17-18H,1,16,19-20H2,2H3/b15-14+. The summed E-state index contributed by atoms with van der Waals surface area (Å²) in [6, 6.07) is 22.5. The second-order valence-corrected chi connectivity index (χ2v) is 6.87. The van der Waals surface area contributed by atoms with Crippen LogP contribution in [0.2, 0.25) is 0 Å². The molecule has 0 fully saturated rings. The van der Waals surface area contributed by atoms with Crippen molar-refractivity contribution in [3.8, 4) is 0 Å². The first-order chi connectivity index (χ1) is 13.7. The Hall–Kier alpha value is -3.33. The van der Waals surface area contributed by atoms with Crippen molar-refractivity contribution < 1.29 is 4.79 Å². The molecule has 0 aliphatic carbocycles. The quantitative estimate of drug-likeness (QED) is 0.401. The second kappa shape index (κ2) is 9.56. The smallest absolute Gasteiger partial charge is 0.247 e. The van der Waals surface area contributed by atoms with Crippen molar-refractivity contribution in [3.05, 3.63) is 114 Å². The van der Waals surface area contributed by atoms with Crippen LogP contribution >= 0.6 is 0 Å². The van der Waals surface area contributed by atoms with Crippen LogP contribution in [0.3, 0.4) is 0 Å². The zero-order valence-corrected chi connectivity index (χ0v) is 16.3. The van der Waals surface area contributed by atoms with Gasteiger partial charge in [0.05, 0.1) is 6.54 Å². The molecule has 0 atom stereocenters. The predicted molar refractivity (Wildman–Crippen MR) is 116 cm³/mol. The molecule has 0 aliphatic rings. The summed E-state index contributed by atoms with van der Waals surface area (Å²) >= 11 is 0. The molecule has 0 saturated heterocycles. The van der Waals surface area contributed by atoms with Gasteiger partial charge in [0.2, 0.25) is 5.91 Å². The third kappa shape index (κ3) is 5.34. The molecule has 0 bridgehead atoms. The fourth-order valence-electron chi connectivity index (χ4n) is 3.18. The lowest BCUT2D eigenvalue weighted by atomic mass is 10.1. The normalized spacial score (nSPS) is 10.9. The van der Waals surface area contributed by atoms with E-state index in [9.17, 15) is 4.79 Å². The van der Waals surface area contributed by atoms with Crippen molar-refractivity contribution in [2.24, 2.45) is 0 Å². The fourth-order valence-corrected chi connectivity index (χ4v) is 3.18. The monoisotopic (exact) mass is 370 g/mol. The molecule has 28 heavy (non-hydrogen) atoms. The van der Waals surface area contributed by atoms with Crippen molar-refractivity contribution in [2.75, 3.05) is 6.54 Å².